The number of anilines is 2. The summed E-state index contributed by atoms with van der Waals surface area (Å²) < 4.78 is 91.0. The second-order valence-electron chi connectivity index (χ2n) is 6.28. The van der Waals surface area contributed by atoms with E-state index in [1.807, 2.05) is 10.6 Å². The third-order valence-electron chi connectivity index (χ3n) is 3.99. The fraction of sp³-hybridized carbons (Fsp3) is 0.600. The molecular formula is C15H15ClF7N5O. The lowest BCUT2D eigenvalue weighted by Gasteiger charge is -2.21. The van der Waals surface area contributed by atoms with Gasteiger partial charge in [0.2, 0.25) is 17.7 Å². The third kappa shape index (κ3) is 5.67. The van der Waals surface area contributed by atoms with Gasteiger partial charge < -0.3 is 10.6 Å². The van der Waals surface area contributed by atoms with E-state index in [-0.39, 0.29) is 18.4 Å². The lowest BCUT2D eigenvalue weighted by Crippen LogP contribution is -2.35. The van der Waals surface area contributed by atoms with E-state index >= 15 is 0 Å². The predicted molar refractivity (Wildman–Crippen MR) is 90.0 cm³/mol. The molecule has 1 aliphatic carbocycles. The van der Waals surface area contributed by atoms with Crippen molar-refractivity contribution in [1.82, 2.24) is 15.0 Å². The van der Waals surface area contributed by atoms with Crippen molar-refractivity contribution in [3.8, 4) is 0 Å². The molecule has 0 fully saturated rings. The van der Waals surface area contributed by atoms with E-state index in [9.17, 15) is 35.5 Å². The van der Waals surface area contributed by atoms with E-state index < -0.39 is 59.1 Å². The fourth-order valence-corrected chi connectivity index (χ4v) is 2.40. The standard InChI is InChI=1S/C15H15ClF7N5O/c1-5(14(18,19)20)24-12-26-11(7-3-4-8(16)10(29)9(7)17)27-13(28-12)25-6(2)15(21,22)23/h5-6,8H,3-4H2,1-2H3,(H2,24,25,26,27,28)/t5-,6-,8?/m1/s1. The van der Waals surface area contributed by atoms with Gasteiger partial charge in [0.25, 0.3) is 0 Å². The molecule has 6 nitrogen and oxygen atoms in total. The Bertz CT molecular complexity index is 771. The summed E-state index contributed by atoms with van der Waals surface area (Å²) in [5, 5.41) is 2.63. The van der Waals surface area contributed by atoms with Crippen LogP contribution < -0.4 is 10.6 Å². The van der Waals surface area contributed by atoms with Gasteiger partial charge in [-0.15, -0.1) is 11.6 Å². The minimum atomic E-state index is -4.71. The van der Waals surface area contributed by atoms with Gasteiger partial charge in [-0.3, -0.25) is 4.79 Å². The predicted octanol–water partition coefficient (Wildman–Crippen LogP) is 4.25. The number of allylic oxidation sites excluding steroid dienone is 2. The number of carbonyl (C=O) groups excluding carboxylic acids is 1. The third-order valence-corrected chi connectivity index (χ3v) is 4.41. The number of carbonyl (C=O) groups is 1. The molecule has 0 aromatic carbocycles. The van der Waals surface area contributed by atoms with Gasteiger partial charge in [-0.2, -0.15) is 41.3 Å². The topological polar surface area (TPSA) is 79.8 Å². The van der Waals surface area contributed by atoms with Crippen LogP contribution in [0.1, 0.15) is 32.5 Å². The Morgan fingerprint density at radius 1 is 0.966 bits per heavy atom. The van der Waals surface area contributed by atoms with Gasteiger partial charge >= 0.3 is 12.4 Å². The van der Waals surface area contributed by atoms with Crippen LogP contribution in [-0.4, -0.2) is 50.5 Å². The Morgan fingerprint density at radius 2 is 1.41 bits per heavy atom. The number of ketones is 1. The van der Waals surface area contributed by atoms with Crippen molar-refractivity contribution < 1.29 is 35.5 Å². The molecule has 3 atom stereocenters. The summed E-state index contributed by atoms with van der Waals surface area (Å²) in [7, 11) is 0. The summed E-state index contributed by atoms with van der Waals surface area (Å²) in [6.45, 7) is 1.47. The molecule has 0 radical (unpaired) electrons. The highest BCUT2D eigenvalue weighted by molar-refractivity contribution is 6.34. The number of hydrogen-bond acceptors (Lipinski definition) is 6. The Morgan fingerprint density at radius 3 is 1.83 bits per heavy atom. The van der Waals surface area contributed by atoms with E-state index in [1.165, 1.54) is 0 Å². The van der Waals surface area contributed by atoms with E-state index in [0.717, 1.165) is 13.8 Å². The van der Waals surface area contributed by atoms with Gasteiger partial charge in [0.05, 0.1) is 5.38 Å². The van der Waals surface area contributed by atoms with Crippen LogP contribution >= 0.6 is 11.6 Å². The monoisotopic (exact) mass is 449 g/mol. The molecule has 1 unspecified atom stereocenters. The molecule has 0 amide bonds. The van der Waals surface area contributed by atoms with Crippen LogP contribution in [0.25, 0.3) is 5.57 Å². The van der Waals surface area contributed by atoms with Crippen molar-refractivity contribution >= 4 is 34.9 Å². The highest BCUT2D eigenvalue weighted by atomic mass is 35.5. The molecule has 29 heavy (non-hydrogen) atoms. The highest BCUT2D eigenvalue weighted by Crippen LogP contribution is 2.33. The molecule has 0 saturated carbocycles. The molecule has 1 aliphatic rings. The van der Waals surface area contributed by atoms with Crippen LogP contribution in [0.2, 0.25) is 0 Å². The molecule has 162 valence electrons. The molecule has 1 heterocycles. The second kappa shape index (κ2) is 8.28. The van der Waals surface area contributed by atoms with Crippen LogP contribution in [0, 0.1) is 0 Å². The van der Waals surface area contributed by atoms with Crippen molar-refractivity contribution in [3.63, 3.8) is 0 Å². The molecule has 2 N–H and O–H groups in total. The maximum absolute atomic E-state index is 14.3. The van der Waals surface area contributed by atoms with Gasteiger partial charge in [-0.25, -0.2) is 4.39 Å². The lowest BCUT2D eigenvalue weighted by molar-refractivity contribution is -0.139. The molecule has 2 rings (SSSR count). The summed E-state index contributed by atoms with van der Waals surface area (Å²) in [5.41, 5.74) is -0.375. The van der Waals surface area contributed by atoms with E-state index in [2.05, 4.69) is 15.0 Å². The van der Waals surface area contributed by atoms with Crippen LogP contribution in [0.3, 0.4) is 0 Å². The molecule has 0 bridgehead atoms. The van der Waals surface area contributed by atoms with E-state index in [4.69, 9.17) is 11.6 Å². The fourth-order valence-electron chi connectivity index (χ4n) is 2.20. The lowest BCUT2D eigenvalue weighted by atomic mass is 9.96. The van der Waals surface area contributed by atoms with E-state index in [1.54, 1.807) is 0 Å². The Labute approximate surface area is 164 Å². The first-order chi connectivity index (χ1) is 13.2. The minimum Gasteiger partial charge on any atom is -0.343 e. The first kappa shape index (κ1) is 23.1. The van der Waals surface area contributed by atoms with E-state index in [0.29, 0.717) is 0 Å². The molecule has 14 heteroatoms. The van der Waals surface area contributed by atoms with Crippen LogP contribution in [0.4, 0.5) is 42.6 Å². The van der Waals surface area contributed by atoms with Gasteiger partial charge in [-0.05, 0) is 26.7 Å². The molecular weight excluding hydrogens is 435 g/mol. The van der Waals surface area contributed by atoms with Crippen molar-refractivity contribution in [1.29, 1.82) is 0 Å². The second-order valence-corrected chi connectivity index (χ2v) is 6.81. The van der Waals surface area contributed by atoms with Gasteiger partial charge in [-0.1, -0.05) is 0 Å². The summed E-state index contributed by atoms with van der Waals surface area (Å²) >= 11 is 5.66. The number of halogens is 8. The number of Topliss-reactive ketones (excluding diaryl/α,β-unsaturated/α-hetero) is 1. The van der Waals surface area contributed by atoms with Gasteiger partial charge in [0, 0.05) is 5.57 Å². The minimum absolute atomic E-state index is 0.00173. The average Bonchev–Trinajstić information content (AvgIpc) is 2.58. The van der Waals surface area contributed by atoms with Crippen molar-refractivity contribution in [2.24, 2.45) is 0 Å². The molecule has 0 saturated heterocycles. The number of aromatic nitrogens is 3. The smallest absolute Gasteiger partial charge is 0.343 e. The van der Waals surface area contributed by atoms with Crippen molar-refractivity contribution in [2.45, 2.75) is 56.5 Å². The van der Waals surface area contributed by atoms with Crippen molar-refractivity contribution in [3.05, 3.63) is 11.7 Å². The highest BCUT2D eigenvalue weighted by Gasteiger charge is 2.38. The quantitative estimate of drug-likeness (QED) is 0.517. The maximum Gasteiger partial charge on any atom is 0.408 e. The summed E-state index contributed by atoms with van der Waals surface area (Å²) in [6, 6.07) is -4.32. The first-order valence-corrected chi connectivity index (χ1v) is 8.63. The average molecular weight is 450 g/mol. The van der Waals surface area contributed by atoms with Gasteiger partial charge in [0.1, 0.15) is 12.1 Å². The maximum atomic E-state index is 14.3. The Balaban J connectivity index is 2.48. The van der Waals surface area contributed by atoms with Crippen LogP contribution in [0.5, 0.6) is 0 Å². The molecule has 1 aromatic rings. The SMILES string of the molecule is C[C@@H](Nc1nc(N[C@H](C)C(F)(F)F)nc(C2=C(F)C(=O)C(Cl)CC2)n1)C(F)(F)F. The Kier molecular flexibility index (Phi) is 6.60. The molecule has 0 spiro atoms. The summed E-state index contributed by atoms with van der Waals surface area (Å²) in [6.07, 6.45) is -9.57. The first-order valence-electron chi connectivity index (χ1n) is 8.20. The Hall–Kier alpha value is -2.18. The number of alkyl halides is 7. The summed E-state index contributed by atoms with van der Waals surface area (Å²) in [4.78, 5) is 22.5. The van der Waals surface area contributed by atoms with Crippen LogP contribution in [-0.2, 0) is 4.79 Å². The number of rotatable bonds is 5. The number of nitrogens with one attached hydrogen (secondary N) is 2. The summed E-state index contributed by atoms with van der Waals surface area (Å²) in [5.74, 6) is -4.41. The largest absolute Gasteiger partial charge is 0.408 e. The zero-order valence-corrected chi connectivity index (χ0v) is 15.7. The van der Waals surface area contributed by atoms with Crippen LogP contribution in [0.15, 0.2) is 5.83 Å². The number of nitrogens with zero attached hydrogens (tertiary/aromatic N) is 3. The van der Waals surface area contributed by atoms with Gasteiger partial charge in [0.15, 0.2) is 11.7 Å². The molecule has 1 aromatic heterocycles. The zero-order chi connectivity index (χ0) is 22.1. The normalized spacial score (nSPS) is 20.5. The number of hydrogen-bond donors (Lipinski definition) is 2. The van der Waals surface area contributed by atoms with Crippen molar-refractivity contribution in [2.75, 3.05) is 10.6 Å². The molecule has 0 aliphatic heterocycles. The zero-order valence-electron chi connectivity index (χ0n) is 14.9.